The van der Waals surface area contributed by atoms with Crippen LogP contribution in [0.1, 0.15) is 31.4 Å². The number of nitrogens with one attached hydrogen (secondary N) is 2. The number of benzene rings is 1. The minimum Gasteiger partial charge on any atom is -0.357 e. The first-order chi connectivity index (χ1) is 11.5. The van der Waals surface area contributed by atoms with Gasteiger partial charge in [-0.05, 0) is 38.0 Å². The summed E-state index contributed by atoms with van der Waals surface area (Å²) in [5.41, 5.74) is -0.268. The van der Waals surface area contributed by atoms with Gasteiger partial charge in [0, 0.05) is 18.8 Å². The molecule has 0 amide bonds. The van der Waals surface area contributed by atoms with Crippen LogP contribution >= 0.6 is 0 Å². The Hall–Kier alpha value is -1.77. The topological polar surface area (TPSA) is 70.6 Å². The number of alkyl halides is 3. The van der Waals surface area contributed by atoms with Crippen LogP contribution in [0, 0.1) is 0 Å². The van der Waals surface area contributed by atoms with Gasteiger partial charge >= 0.3 is 6.18 Å². The third-order valence-electron chi connectivity index (χ3n) is 3.32. The van der Waals surface area contributed by atoms with Crippen LogP contribution in [0.5, 0.6) is 0 Å². The third-order valence-corrected chi connectivity index (χ3v) is 4.30. The van der Waals surface area contributed by atoms with Gasteiger partial charge in [0.2, 0.25) is 0 Å². The molecular weight excluding hydrogens is 355 g/mol. The Morgan fingerprint density at radius 2 is 2.00 bits per heavy atom. The van der Waals surface area contributed by atoms with Crippen LogP contribution in [0.2, 0.25) is 0 Å². The first-order valence-corrected chi connectivity index (χ1v) is 9.96. The van der Waals surface area contributed by atoms with Gasteiger partial charge in [0.15, 0.2) is 5.96 Å². The van der Waals surface area contributed by atoms with Crippen LogP contribution < -0.4 is 10.6 Å². The maximum atomic E-state index is 12.7. The summed E-state index contributed by atoms with van der Waals surface area (Å²) in [4.78, 5) is 4.27. The fourth-order valence-corrected chi connectivity index (χ4v) is 2.81. The largest absolute Gasteiger partial charge is 0.416 e. The Labute approximate surface area is 146 Å². The molecule has 0 spiro atoms. The van der Waals surface area contributed by atoms with E-state index >= 15 is 0 Å². The number of hydrogen-bond acceptors (Lipinski definition) is 3. The number of nitrogens with zero attached hydrogens (tertiary/aromatic N) is 1. The van der Waals surface area contributed by atoms with Crippen LogP contribution in [0.25, 0.3) is 0 Å². The maximum absolute atomic E-state index is 12.7. The van der Waals surface area contributed by atoms with E-state index in [0.717, 1.165) is 12.1 Å². The highest BCUT2D eigenvalue weighted by Gasteiger charge is 2.30. The lowest BCUT2D eigenvalue weighted by Gasteiger charge is -2.17. The van der Waals surface area contributed by atoms with Crippen molar-refractivity contribution >= 4 is 15.8 Å². The van der Waals surface area contributed by atoms with Crippen molar-refractivity contribution in [3.63, 3.8) is 0 Å². The molecule has 5 nitrogen and oxygen atoms in total. The van der Waals surface area contributed by atoms with E-state index in [4.69, 9.17) is 0 Å². The zero-order valence-electron chi connectivity index (χ0n) is 14.5. The van der Waals surface area contributed by atoms with Gasteiger partial charge in [-0.25, -0.2) is 13.4 Å². The molecule has 1 aromatic carbocycles. The summed E-state index contributed by atoms with van der Waals surface area (Å²) in [7, 11) is -3.05. The molecule has 1 atom stereocenters. The molecule has 0 aliphatic heterocycles. The summed E-state index contributed by atoms with van der Waals surface area (Å²) < 4.78 is 60.6. The Bertz CT molecular complexity index is 688. The normalized spacial score (nSPS) is 14.2. The monoisotopic (exact) mass is 379 g/mol. The van der Waals surface area contributed by atoms with Gasteiger partial charge in [-0.3, -0.25) is 0 Å². The first-order valence-electron chi connectivity index (χ1n) is 7.90. The SMILES string of the molecule is CCNC(=NCc1cccc(C(F)(F)F)c1)NC(C)CCS(C)(=O)=O. The quantitative estimate of drug-likeness (QED) is 0.564. The molecule has 0 aromatic heterocycles. The second-order valence-corrected chi connectivity index (χ2v) is 8.12. The average Bonchev–Trinajstić information content (AvgIpc) is 2.50. The van der Waals surface area contributed by atoms with Crippen molar-refractivity contribution in [1.29, 1.82) is 0 Å². The molecule has 0 aliphatic carbocycles. The number of rotatable bonds is 7. The molecule has 0 saturated carbocycles. The molecule has 1 unspecified atom stereocenters. The fourth-order valence-electron chi connectivity index (χ4n) is 2.03. The first kappa shape index (κ1) is 21.3. The summed E-state index contributed by atoms with van der Waals surface area (Å²) in [6.07, 6.45) is -2.80. The van der Waals surface area contributed by atoms with E-state index in [-0.39, 0.29) is 18.3 Å². The summed E-state index contributed by atoms with van der Waals surface area (Å²) in [6, 6.07) is 4.87. The van der Waals surface area contributed by atoms with E-state index < -0.39 is 21.6 Å². The Morgan fingerprint density at radius 3 is 2.56 bits per heavy atom. The highest BCUT2D eigenvalue weighted by Crippen LogP contribution is 2.29. The number of hydrogen-bond donors (Lipinski definition) is 2. The van der Waals surface area contributed by atoms with E-state index in [1.807, 2.05) is 13.8 Å². The second-order valence-electron chi connectivity index (χ2n) is 5.86. The van der Waals surface area contributed by atoms with Crippen LogP contribution in [0.4, 0.5) is 13.2 Å². The zero-order chi connectivity index (χ0) is 19.1. The molecule has 0 heterocycles. The Morgan fingerprint density at radius 1 is 1.32 bits per heavy atom. The van der Waals surface area contributed by atoms with Crippen LogP contribution in [-0.2, 0) is 22.6 Å². The molecule has 1 aromatic rings. The molecule has 2 N–H and O–H groups in total. The Balaban J connectivity index is 2.75. The molecule has 25 heavy (non-hydrogen) atoms. The third kappa shape index (κ3) is 8.76. The van der Waals surface area contributed by atoms with E-state index in [2.05, 4.69) is 15.6 Å². The highest BCUT2D eigenvalue weighted by atomic mass is 32.2. The fraction of sp³-hybridized carbons (Fsp3) is 0.562. The second kappa shape index (κ2) is 9.07. The molecule has 9 heteroatoms. The summed E-state index contributed by atoms with van der Waals surface area (Å²) in [5.74, 6) is 0.481. The summed E-state index contributed by atoms with van der Waals surface area (Å²) in [5, 5.41) is 6.05. The number of guanidine groups is 1. The van der Waals surface area contributed by atoms with Crippen LogP contribution in [0.15, 0.2) is 29.3 Å². The summed E-state index contributed by atoms with van der Waals surface area (Å²) in [6.45, 7) is 4.34. The Kier molecular flexibility index (Phi) is 7.72. The molecule has 0 radical (unpaired) electrons. The molecule has 0 aliphatic rings. The lowest BCUT2D eigenvalue weighted by molar-refractivity contribution is -0.137. The molecule has 142 valence electrons. The summed E-state index contributed by atoms with van der Waals surface area (Å²) >= 11 is 0. The zero-order valence-corrected chi connectivity index (χ0v) is 15.3. The van der Waals surface area contributed by atoms with Gasteiger partial charge in [0.25, 0.3) is 0 Å². The molecular formula is C16H24F3N3O2S. The van der Waals surface area contributed by atoms with Crippen molar-refractivity contribution < 1.29 is 21.6 Å². The number of aliphatic imine (C=N–C) groups is 1. The van der Waals surface area contributed by atoms with Gasteiger partial charge in [-0.1, -0.05) is 12.1 Å². The van der Waals surface area contributed by atoms with E-state index in [1.54, 1.807) is 6.07 Å². The lowest BCUT2D eigenvalue weighted by atomic mass is 10.1. The van der Waals surface area contributed by atoms with Crippen molar-refractivity contribution in [3.8, 4) is 0 Å². The highest BCUT2D eigenvalue weighted by molar-refractivity contribution is 7.90. The number of sulfone groups is 1. The number of halogens is 3. The predicted octanol–water partition coefficient (Wildman–Crippen LogP) is 2.58. The van der Waals surface area contributed by atoms with Crippen LogP contribution in [0.3, 0.4) is 0 Å². The predicted molar refractivity (Wildman–Crippen MR) is 93.2 cm³/mol. The van der Waals surface area contributed by atoms with Crippen molar-refractivity contribution in [2.45, 2.75) is 39.0 Å². The van der Waals surface area contributed by atoms with Gasteiger partial charge in [0.1, 0.15) is 9.84 Å². The van der Waals surface area contributed by atoms with Gasteiger partial charge in [-0.15, -0.1) is 0 Å². The van der Waals surface area contributed by atoms with Gasteiger partial charge in [0.05, 0.1) is 17.9 Å². The smallest absolute Gasteiger partial charge is 0.357 e. The standard InChI is InChI=1S/C16H24F3N3O2S/c1-4-20-15(22-12(2)8-9-25(3,23)24)21-11-13-6-5-7-14(10-13)16(17,18)19/h5-7,10,12H,4,8-9,11H2,1-3H3,(H2,20,21,22). The van der Waals surface area contributed by atoms with Crippen molar-refractivity contribution in [2.24, 2.45) is 4.99 Å². The van der Waals surface area contributed by atoms with Crippen LogP contribution in [-0.4, -0.2) is 39.0 Å². The molecule has 0 saturated heterocycles. The average molecular weight is 379 g/mol. The minimum atomic E-state index is -4.39. The molecule has 0 bridgehead atoms. The van der Waals surface area contributed by atoms with Crippen molar-refractivity contribution in [3.05, 3.63) is 35.4 Å². The lowest BCUT2D eigenvalue weighted by Crippen LogP contribution is -2.42. The minimum absolute atomic E-state index is 0.0498. The van der Waals surface area contributed by atoms with Gasteiger partial charge in [-0.2, -0.15) is 13.2 Å². The van der Waals surface area contributed by atoms with Crippen molar-refractivity contribution in [1.82, 2.24) is 10.6 Å². The molecule has 1 rings (SSSR count). The van der Waals surface area contributed by atoms with Gasteiger partial charge < -0.3 is 10.6 Å². The van der Waals surface area contributed by atoms with E-state index in [0.29, 0.717) is 24.5 Å². The van der Waals surface area contributed by atoms with Crippen molar-refractivity contribution in [2.75, 3.05) is 18.6 Å². The molecule has 0 fully saturated rings. The van der Waals surface area contributed by atoms with E-state index in [9.17, 15) is 21.6 Å². The van der Waals surface area contributed by atoms with E-state index in [1.165, 1.54) is 12.3 Å². The maximum Gasteiger partial charge on any atom is 0.416 e.